The zero-order valence-electron chi connectivity index (χ0n) is 8.00. The third kappa shape index (κ3) is 4.20. The highest BCUT2D eigenvalue weighted by molar-refractivity contribution is 9.10. The fourth-order valence-corrected chi connectivity index (χ4v) is 1.35. The van der Waals surface area contributed by atoms with E-state index in [0.29, 0.717) is 0 Å². The molecule has 0 spiro atoms. The van der Waals surface area contributed by atoms with Gasteiger partial charge in [-0.15, -0.1) is 0 Å². The first-order valence-electron chi connectivity index (χ1n) is 3.77. The van der Waals surface area contributed by atoms with Crippen molar-refractivity contribution in [3.63, 3.8) is 0 Å². The summed E-state index contributed by atoms with van der Waals surface area (Å²) < 4.78 is 5.11. The summed E-state index contributed by atoms with van der Waals surface area (Å²) in [4.78, 5) is 10.4. The van der Waals surface area contributed by atoms with E-state index in [0.717, 1.165) is 21.9 Å². The van der Waals surface area contributed by atoms with Gasteiger partial charge in [-0.05, 0) is 18.6 Å². The number of aldehydes is 1. The number of ether oxygens (including phenoxy) is 1. The SMILES string of the molecule is COC.Cc1cccc(Br)c1C=O. The summed E-state index contributed by atoms with van der Waals surface area (Å²) >= 11 is 3.28. The Bertz CT molecular complexity index is 251. The first kappa shape index (κ1) is 12.3. The molecule has 0 bridgehead atoms. The molecule has 0 amide bonds. The van der Waals surface area contributed by atoms with Gasteiger partial charge in [-0.3, -0.25) is 4.79 Å². The van der Waals surface area contributed by atoms with Crippen molar-refractivity contribution in [2.75, 3.05) is 14.2 Å². The number of rotatable bonds is 1. The van der Waals surface area contributed by atoms with Crippen LogP contribution in [-0.2, 0) is 4.74 Å². The molecule has 0 aliphatic heterocycles. The van der Waals surface area contributed by atoms with E-state index in [-0.39, 0.29) is 0 Å². The minimum atomic E-state index is 0.738. The van der Waals surface area contributed by atoms with Gasteiger partial charge in [0.15, 0.2) is 6.29 Å². The maximum Gasteiger partial charge on any atom is 0.151 e. The molecule has 0 saturated heterocycles. The van der Waals surface area contributed by atoms with Gasteiger partial charge < -0.3 is 4.74 Å². The first-order valence-corrected chi connectivity index (χ1v) is 4.57. The molecule has 13 heavy (non-hydrogen) atoms. The lowest BCUT2D eigenvalue weighted by Gasteiger charge is -1.98. The fraction of sp³-hybridized carbons (Fsp3) is 0.300. The third-order valence-corrected chi connectivity index (χ3v) is 2.08. The quantitative estimate of drug-likeness (QED) is 0.711. The van der Waals surface area contributed by atoms with Crippen LogP contribution in [0.3, 0.4) is 0 Å². The van der Waals surface area contributed by atoms with Crippen molar-refractivity contribution in [3.8, 4) is 0 Å². The van der Waals surface area contributed by atoms with Crippen LogP contribution in [0.15, 0.2) is 22.7 Å². The predicted octanol–water partition coefficient (Wildman–Crippen LogP) is 2.83. The molecule has 0 radical (unpaired) electrons. The zero-order chi connectivity index (χ0) is 10.3. The van der Waals surface area contributed by atoms with E-state index in [1.54, 1.807) is 14.2 Å². The Morgan fingerprint density at radius 2 is 1.92 bits per heavy atom. The Kier molecular flexibility index (Phi) is 6.45. The van der Waals surface area contributed by atoms with Crippen molar-refractivity contribution in [2.45, 2.75) is 6.92 Å². The molecule has 3 heteroatoms. The summed E-state index contributed by atoms with van der Waals surface area (Å²) in [6.45, 7) is 1.91. The van der Waals surface area contributed by atoms with E-state index in [1.807, 2.05) is 25.1 Å². The summed E-state index contributed by atoms with van der Waals surface area (Å²) in [6, 6.07) is 5.68. The second kappa shape index (κ2) is 6.80. The van der Waals surface area contributed by atoms with Gasteiger partial charge >= 0.3 is 0 Å². The highest BCUT2D eigenvalue weighted by Crippen LogP contribution is 2.17. The van der Waals surface area contributed by atoms with E-state index in [9.17, 15) is 4.79 Å². The molecule has 0 unspecified atom stereocenters. The van der Waals surface area contributed by atoms with Crippen LogP contribution in [0.25, 0.3) is 0 Å². The number of hydrogen-bond donors (Lipinski definition) is 0. The van der Waals surface area contributed by atoms with Crippen molar-refractivity contribution < 1.29 is 9.53 Å². The van der Waals surface area contributed by atoms with E-state index in [1.165, 1.54) is 0 Å². The Balaban J connectivity index is 0.000000424. The normalized spacial score (nSPS) is 8.62. The van der Waals surface area contributed by atoms with Crippen LogP contribution in [0.5, 0.6) is 0 Å². The molecule has 1 aromatic rings. The monoisotopic (exact) mass is 244 g/mol. The highest BCUT2D eigenvalue weighted by atomic mass is 79.9. The summed E-state index contributed by atoms with van der Waals surface area (Å²) in [7, 11) is 3.25. The smallest absolute Gasteiger partial charge is 0.151 e. The van der Waals surface area contributed by atoms with Gasteiger partial charge in [0.05, 0.1) is 0 Å². The van der Waals surface area contributed by atoms with Crippen LogP contribution in [0.4, 0.5) is 0 Å². The molecule has 0 N–H and O–H groups in total. The number of aryl methyl sites for hydroxylation is 1. The van der Waals surface area contributed by atoms with E-state index in [4.69, 9.17) is 0 Å². The first-order chi connectivity index (χ1) is 6.17. The lowest BCUT2D eigenvalue weighted by atomic mass is 10.1. The maximum absolute atomic E-state index is 10.4. The Hall–Kier alpha value is -0.670. The highest BCUT2D eigenvalue weighted by Gasteiger charge is 1.98. The van der Waals surface area contributed by atoms with Crippen LogP contribution >= 0.6 is 15.9 Å². The van der Waals surface area contributed by atoms with Crippen LogP contribution in [0.2, 0.25) is 0 Å². The molecule has 1 aromatic carbocycles. The molecule has 0 aromatic heterocycles. The second-order valence-corrected chi connectivity index (χ2v) is 3.35. The van der Waals surface area contributed by atoms with Gasteiger partial charge in [0.1, 0.15) is 0 Å². The summed E-state index contributed by atoms with van der Waals surface area (Å²) in [5.74, 6) is 0. The Labute approximate surface area is 87.0 Å². The van der Waals surface area contributed by atoms with E-state index < -0.39 is 0 Å². The number of methoxy groups -OCH3 is 1. The Morgan fingerprint density at radius 1 is 1.38 bits per heavy atom. The van der Waals surface area contributed by atoms with Crippen molar-refractivity contribution >= 4 is 22.2 Å². The largest absolute Gasteiger partial charge is 0.388 e. The van der Waals surface area contributed by atoms with Crippen molar-refractivity contribution in [1.29, 1.82) is 0 Å². The molecule has 0 aliphatic carbocycles. The van der Waals surface area contributed by atoms with Crippen molar-refractivity contribution in [2.24, 2.45) is 0 Å². The molecule has 0 atom stereocenters. The molecule has 0 aliphatic rings. The number of carbonyl (C=O) groups excluding carboxylic acids is 1. The molecule has 72 valence electrons. The molecular weight excluding hydrogens is 232 g/mol. The fourth-order valence-electron chi connectivity index (χ4n) is 0.794. The van der Waals surface area contributed by atoms with Gasteiger partial charge in [-0.2, -0.15) is 0 Å². The molecule has 1 rings (SSSR count). The van der Waals surface area contributed by atoms with Gasteiger partial charge in [-0.1, -0.05) is 28.1 Å². The summed E-state index contributed by atoms with van der Waals surface area (Å²) in [6.07, 6.45) is 0.861. The van der Waals surface area contributed by atoms with Crippen LogP contribution in [-0.4, -0.2) is 20.5 Å². The maximum atomic E-state index is 10.4. The number of hydrogen-bond acceptors (Lipinski definition) is 2. The predicted molar refractivity (Wildman–Crippen MR) is 57.2 cm³/mol. The van der Waals surface area contributed by atoms with Crippen molar-refractivity contribution in [3.05, 3.63) is 33.8 Å². The second-order valence-electron chi connectivity index (χ2n) is 2.50. The molecule has 0 heterocycles. The number of benzene rings is 1. The average molecular weight is 245 g/mol. The standard InChI is InChI=1S/C8H7BrO.C2H6O/c1-6-3-2-4-8(9)7(6)5-10;1-3-2/h2-5H,1H3;1-2H3. The zero-order valence-corrected chi connectivity index (χ0v) is 9.59. The minimum Gasteiger partial charge on any atom is -0.388 e. The third-order valence-electron chi connectivity index (χ3n) is 1.39. The van der Waals surface area contributed by atoms with E-state index >= 15 is 0 Å². The lowest BCUT2D eigenvalue weighted by Crippen LogP contribution is -1.85. The Morgan fingerprint density at radius 3 is 2.23 bits per heavy atom. The van der Waals surface area contributed by atoms with Crippen LogP contribution in [0, 0.1) is 6.92 Å². The number of halogens is 1. The number of carbonyl (C=O) groups is 1. The molecule has 0 saturated carbocycles. The molecule has 0 fully saturated rings. The van der Waals surface area contributed by atoms with Gasteiger partial charge in [0.2, 0.25) is 0 Å². The van der Waals surface area contributed by atoms with E-state index in [2.05, 4.69) is 20.7 Å². The van der Waals surface area contributed by atoms with Gasteiger partial charge in [0, 0.05) is 24.3 Å². The molecular formula is C10H13BrO2. The topological polar surface area (TPSA) is 26.3 Å². The summed E-state index contributed by atoms with van der Waals surface area (Å²) in [5, 5.41) is 0. The van der Waals surface area contributed by atoms with Crippen LogP contribution in [0.1, 0.15) is 15.9 Å². The van der Waals surface area contributed by atoms with Gasteiger partial charge in [0.25, 0.3) is 0 Å². The summed E-state index contributed by atoms with van der Waals surface area (Å²) in [5.41, 5.74) is 1.74. The van der Waals surface area contributed by atoms with Crippen LogP contribution < -0.4 is 0 Å². The minimum absolute atomic E-state index is 0.738. The lowest BCUT2D eigenvalue weighted by molar-refractivity contribution is 0.112. The molecule has 2 nitrogen and oxygen atoms in total. The van der Waals surface area contributed by atoms with Crippen molar-refractivity contribution in [1.82, 2.24) is 0 Å². The average Bonchev–Trinajstić information content (AvgIpc) is 2.06. The van der Waals surface area contributed by atoms with Gasteiger partial charge in [-0.25, -0.2) is 0 Å².